The molecule has 1 aromatic heterocycles. The van der Waals surface area contributed by atoms with E-state index in [9.17, 15) is 26.0 Å². The monoisotopic (exact) mass is 605 g/mol. The normalized spacial score (nSPS) is 15.9. The molecule has 1 unspecified atom stereocenters. The Morgan fingerprint density at radius 1 is 1.38 bits per heavy atom. The van der Waals surface area contributed by atoms with Crippen molar-refractivity contribution in [3.63, 3.8) is 0 Å². The Labute approximate surface area is 200 Å². The lowest BCUT2D eigenvalue weighted by Crippen LogP contribution is -2.29. The van der Waals surface area contributed by atoms with Crippen LogP contribution < -0.4 is 4.72 Å². The van der Waals surface area contributed by atoms with E-state index in [4.69, 9.17) is 10.00 Å². The second-order valence-electron chi connectivity index (χ2n) is 6.52. The predicted octanol–water partition coefficient (Wildman–Crippen LogP) is 5.61. The van der Waals surface area contributed by atoms with E-state index in [2.05, 4.69) is 4.72 Å². The summed E-state index contributed by atoms with van der Waals surface area (Å²) in [6.07, 6.45) is -3.21. The molecule has 0 amide bonds. The van der Waals surface area contributed by atoms with Gasteiger partial charge in [-0.25, -0.2) is 12.8 Å². The molecule has 0 radical (unpaired) electrons. The van der Waals surface area contributed by atoms with Crippen molar-refractivity contribution in [3.05, 3.63) is 47.0 Å². The molecular weight excluding hydrogens is 585 g/mol. The fourth-order valence-electron chi connectivity index (χ4n) is 3.16. The topological polar surface area (TPSA) is 84.1 Å². The fraction of sp³-hybridized carbons (Fsp3) is 0.421. The van der Waals surface area contributed by atoms with Crippen molar-refractivity contribution in [1.82, 2.24) is 3.97 Å². The third kappa shape index (κ3) is 6.52. The smallest absolute Gasteiger partial charge is 0.368 e. The number of benzene rings is 1. The van der Waals surface area contributed by atoms with Crippen molar-refractivity contribution < 1.29 is 30.7 Å². The summed E-state index contributed by atoms with van der Waals surface area (Å²) in [5.74, 6) is -0.894. The lowest BCUT2D eigenvalue weighted by Gasteiger charge is -2.24. The largest absolute Gasteiger partial charge is 0.411 e. The van der Waals surface area contributed by atoms with E-state index in [1.807, 2.05) is 35.1 Å². The van der Waals surface area contributed by atoms with E-state index < -0.39 is 34.7 Å². The Bertz CT molecular complexity index is 1100. The van der Waals surface area contributed by atoms with Crippen molar-refractivity contribution in [2.45, 2.75) is 50.3 Å². The summed E-state index contributed by atoms with van der Waals surface area (Å²) in [4.78, 5) is -0.0697. The molecule has 0 aliphatic heterocycles. The van der Waals surface area contributed by atoms with Gasteiger partial charge in [0, 0.05) is 48.6 Å². The maximum absolute atomic E-state index is 14.1. The van der Waals surface area contributed by atoms with Crippen molar-refractivity contribution in [2.75, 3.05) is 11.3 Å². The van der Waals surface area contributed by atoms with E-state index in [0.717, 1.165) is 12.1 Å². The van der Waals surface area contributed by atoms with Crippen LogP contribution in [-0.2, 0) is 27.6 Å². The van der Waals surface area contributed by atoms with Gasteiger partial charge in [0.1, 0.15) is 17.3 Å². The van der Waals surface area contributed by atoms with Crippen molar-refractivity contribution in [2.24, 2.45) is 0 Å². The molecule has 1 heterocycles. The molecule has 1 aliphatic carbocycles. The first kappa shape index (κ1) is 26.7. The number of sulfonamides is 1. The van der Waals surface area contributed by atoms with E-state index in [0.29, 0.717) is 11.3 Å². The van der Waals surface area contributed by atoms with E-state index in [1.54, 1.807) is 10.0 Å². The molecule has 0 bridgehead atoms. The lowest BCUT2D eigenvalue weighted by molar-refractivity contribution is -0.186. The Kier molecular flexibility index (Phi) is 9.26. The number of rotatable bonds is 6. The van der Waals surface area contributed by atoms with Crippen LogP contribution in [0.15, 0.2) is 29.3 Å². The van der Waals surface area contributed by atoms with Crippen LogP contribution in [0.3, 0.4) is 0 Å². The highest BCUT2D eigenvalue weighted by molar-refractivity contribution is 14.2. The van der Waals surface area contributed by atoms with Gasteiger partial charge < -0.3 is 4.74 Å². The van der Waals surface area contributed by atoms with Gasteiger partial charge in [0.25, 0.3) is 10.0 Å². The number of halogens is 5. The predicted molar refractivity (Wildman–Crippen MR) is 123 cm³/mol. The molecule has 6 nitrogen and oxygen atoms in total. The molecule has 1 N–H and O–H groups in total. The molecular formula is C19H20F4IN3O3S2. The molecule has 1 aromatic carbocycles. The molecule has 2 aromatic rings. The third-order valence-corrected chi connectivity index (χ3v) is 7.64. The number of ether oxygens (including phenoxy) is 1. The minimum absolute atomic E-state index is 0.0465. The number of fused-ring (bicyclic) bond motifs is 1. The van der Waals surface area contributed by atoms with Crippen LogP contribution in [0, 0.1) is 17.1 Å². The number of hydrogen-bond acceptors (Lipinski definition) is 5. The fourth-order valence-corrected chi connectivity index (χ4v) is 6.04. The van der Waals surface area contributed by atoms with E-state index >= 15 is 0 Å². The van der Waals surface area contributed by atoms with Gasteiger partial charge in [-0.15, -0.1) is 0 Å². The molecule has 0 saturated heterocycles. The Morgan fingerprint density at radius 3 is 2.62 bits per heavy atom. The second-order valence-corrected chi connectivity index (χ2v) is 9.88. The SMILES string of the molecule is CC.N#Cc1ccc(NS(=O)(=O)c2cn(SI)c3c2CCC(OCC(F)(F)F)C3)c(F)c1. The van der Waals surface area contributed by atoms with Gasteiger partial charge >= 0.3 is 6.18 Å². The molecule has 3 rings (SSSR count). The maximum atomic E-state index is 14.1. The number of hydrogen-bond donors (Lipinski definition) is 1. The molecule has 32 heavy (non-hydrogen) atoms. The zero-order valence-corrected chi connectivity index (χ0v) is 20.8. The minimum atomic E-state index is -4.44. The summed E-state index contributed by atoms with van der Waals surface area (Å²) < 4.78 is 85.9. The van der Waals surface area contributed by atoms with Gasteiger partial charge in [-0.3, -0.25) is 8.69 Å². The van der Waals surface area contributed by atoms with Crippen LogP contribution in [0.4, 0.5) is 23.2 Å². The zero-order chi connectivity index (χ0) is 24.1. The van der Waals surface area contributed by atoms with Crippen LogP contribution in [-0.4, -0.2) is 31.3 Å². The first-order valence-electron chi connectivity index (χ1n) is 9.47. The number of aromatic nitrogens is 1. The summed E-state index contributed by atoms with van der Waals surface area (Å²) >= 11 is 1.93. The Balaban J connectivity index is 0.00000176. The quantitative estimate of drug-likeness (QED) is 0.342. The number of nitrogens with zero attached hydrogens (tertiary/aromatic N) is 2. The standard InChI is InChI=1S/C17H14F4IN3O3S2.C2H6/c18-13-5-10(7-23)1-4-14(13)24-30(26,27)16-8-25(29-22)15-6-11(2-3-12(15)16)28-9-17(19,20)21;1-2/h1,4-5,8,11,24H,2-3,6,9H2;1-2H3. The van der Waals surface area contributed by atoms with Gasteiger partial charge in [0.15, 0.2) is 0 Å². The highest BCUT2D eigenvalue weighted by atomic mass is 127. The second kappa shape index (κ2) is 11.1. The van der Waals surface area contributed by atoms with Gasteiger partial charge in [0.2, 0.25) is 0 Å². The van der Waals surface area contributed by atoms with Gasteiger partial charge in [0.05, 0.1) is 23.4 Å². The highest BCUT2D eigenvalue weighted by Gasteiger charge is 2.34. The van der Waals surface area contributed by atoms with Crippen molar-refractivity contribution >= 4 is 46.0 Å². The van der Waals surface area contributed by atoms with Crippen LogP contribution >= 0.6 is 30.3 Å². The van der Waals surface area contributed by atoms with Crippen LogP contribution in [0.25, 0.3) is 0 Å². The van der Waals surface area contributed by atoms with Crippen LogP contribution in [0.2, 0.25) is 0 Å². The first-order chi connectivity index (χ1) is 15.0. The third-order valence-electron chi connectivity index (χ3n) is 4.47. The van der Waals surface area contributed by atoms with E-state index in [-0.39, 0.29) is 35.4 Å². The lowest BCUT2D eigenvalue weighted by atomic mass is 9.95. The summed E-state index contributed by atoms with van der Waals surface area (Å²) in [7, 11) is -3.00. The van der Waals surface area contributed by atoms with Crippen LogP contribution in [0.5, 0.6) is 0 Å². The summed E-state index contributed by atoms with van der Waals surface area (Å²) in [6, 6.07) is 5.12. The molecule has 0 spiro atoms. The van der Waals surface area contributed by atoms with Gasteiger partial charge in [-0.1, -0.05) is 13.8 Å². The highest BCUT2D eigenvalue weighted by Crippen LogP contribution is 2.36. The average Bonchev–Trinajstić information content (AvgIpc) is 3.13. The van der Waals surface area contributed by atoms with E-state index in [1.165, 1.54) is 21.4 Å². The Hall–Kier alpha value is -1.50. The molecule has 1 atom stereocenters. The summed E-state index contributed by atoms with van der Waals surface area (Å²) in [6.45, 7) is 2.63. The molecule has 1 aliphatic rings. The molecule has 176 valence electrons. The zero-order valence-electron chi connectivity index (χ0n) is 17.0. The Morgan fingerprint density at radius 2 is 2.06 bits per heavy atom. The molecule has 0 saturated carbocycles. The summed E-state index contributed by atoms with van der Waals surface area (Å²) in [5, 5.41) is 8.80. The van der Waals surface area contributed by atoms with Crippen molar-refractivity contribution in [3.8, 4) is 6.07 Å². The minimum Gasteiger partial charge on any atom is -0.368 e. The number of alkyl halides is 3. The van der Waals surface area contributed by atoms with Crippen molar-refractivity contribution in [1.29, 1.82) is 5.26 Å². The average molecular weight is 605 g/mol. The number of nitriles is 1. The maximum Gasteiger partial charge on any atom is 0.411 e. The number of nitrogens with one attached hydrogen (secondary N) is 1. The summed E-state index contributed by atoms with van der Waals surface area (Å²) in [5.41, 5.74) is 0.756. The molecule has 0 fully saturated rings. The van der Waals surface area contributed by atoms with Gasteiger partial charge in [-0.2, -0.15) is 18.4 Å². The first-order valence-corrected chi connectivity index (χ1v) is 14.3. The molecule has 13 heteroatoms. The van der Waals surface area contributed by atoms with Crippen LogP contribution in [0.1, 0.15) is 37.1 Å². The number of anilines is 1. The van der Waals surface area contributed by atoms with Gasteiger partial charge in [-0.05, 0) is 36.6 Å².